The molecule has 0 unspecified atom stereocenters. The summed E-state index contributed by atoms with van der Waals surface area (Å²) in [6.07, 6.45) is 2.45. The van der Waals surface area contributed by atoms with Gasteiger partial charge in [-0.15, -0.1) is 0 Å². The van der Waals surface area contributed by atoms with Gasteiger partial charge in [0, 0.05) is 41.7 Å². The van der Waals surface area contributed by atoms with Crippen molar-refractivity contribution in [3.63, 3.8) is 0 Å². The molecule has 2 N–H and O–H groups in total. The van der Waals surface area contributed by atoms with Crippen LogP contribution in [0.3, 0.4) is 0 Å². The Balaban J connectivity index is 1.21. The summed E-state index contributed by atoms with van der Waals surface area (Å²) in [6, 6.07) is 21.4. The van der Waals surface area contributed by atoms with E-state index in [0.717, 1.165) is 52.7 Å². The number of carbonyl (C=O) groups excluding carboxylic acids is 3. The minimum absolute atomic E-state index is 0.0543. The fourth-order valence-electron chi connectivity index (χ4n) is 6.28. The van der Waals surface area contributed by atoms with Gasteiger partial charge in [0.1, 0.15) is 12.1 Å². The number of fused-ring (bicyclic) bond motifs is 4. The topological polar surface area (TPSA) is 94.7 Å². The number of benzene rings is 3. The van der Waals surface area contributed by atoms with Gasteiger partial charge >= 0.3 is 6.03 Å². The number of nitrogens with one attached hydrogen (secondary N) is 2. The molecule has 40 heavy (non-hydrogen) atoms. The molecule has 3 aliphatic rings. The van der Waals surface area contributed by atoms with Crippen molar-refractivity contribution >= 4 is 34.4 Å². The number of aromatic nitrogens is 1. The zero-order valence-corrected chi connectivity index (χ0v) is 22.2. The van der Waals surface area contributed by atoms with Crippen LogP contribution < -0.4 is 10.2 Å². The first-order valence-electron chi connectivity index (χ1n) is 13.8. The number of H-pyrrole nitrogens is 1. The molecular weight excluding hydrogens is 504 g/mol. The monoisotopic (exact) mass is 534 g/mol. The van der Waals surface area contributed by atoms with Crippen molar-refractivity contribution in [3.8, 4) is 0 Å². The molecule has 4 aromatic rings. The van der Waals surface area contributed by atoms with Crippen molar-refractivity contribution in [2.24, 2.45) is 0 Å². The van der Waals surface area contributed by atoms with Crippen molar-refractivity contribution in [3.05, 3.63) is 101 Å². The second-order valence-corrected chi connectivity index (χ2v) is 10.9. The normalized spacial score (nSPS) is 22.1. The van der Waals surface area contributed by atoms with Crippen LogP contribution in [0, 0.1) is 6.92 Å². The Morgan fingerprint density at radius 3 is 2.55 bits per heavy atom. The first kappa shape index (κ1) is 24.6. The minimum atomic E-state index is -0.625. The molecule has 4 amide bonds. The number of urea groups is 1. The van der Waals surface area contributed by atoms with Gasteiger partial charge in [0.05, 0.1) is 11.8 Å². The third-order valence-electron chi connectivity index (χ3n) is 8.34. The van der Waals surface area contributed by atoms with Crippen LogP contribution in [0.5, 0.6) is 0 Å². The highest BCUT2D eigenvalue weighted by Gasteiger charge is 2.53. The standard InChI is InChI=1S/C32H30N4O4/c1-19-8-10-20(11-9-19)29-28-25(24-6-2-3-7-26(24)34-28)17-27-31(38)35(32(39)36(27)29)22-14-12-21(13-15-22)30(37)33-18-23-5-4-16-40-23/h2-3,6-15,23,27,29,34H,4-5,16-18H2,1H3,(H,33,37)/t23-,27-,29+/m0/s1. The molecule has 1 aromatic heterocycles. The summed E-state index contributed by atoms with van der Waals surface area (Å²) in [5.41, 5.74) is 6.01. The highest BCUT2D eigenvalue weighted by atomic mass is 16.5. The molecule has 0 bridgehead atoms. The van der Waals surface area contributed by atoms with Gasteiger partial charge in [-0.1, -0.05) is 48.0 Å². The van der Waals surface area contributed by atoms with E-state index in [1.54, 1.807) is 29.2 Å². The molecule has 2 fully saturated rings. The summed E-state index contributed by atoms with van der Waals surface area (Å²) in [7, 11) is 0. The lowest BCUT2D eigenvalue weighted by Crippen LogP contribution is -2.44. The zero-order valence-electron chi connectivity index (χ0n) is 22.2. The van der Waals surface area contributed by atoms with E-state index >= 15 is 0 Å². The van der Waals surface area contributed by atoms with Gasteiger partial charge in [-0.05, 0) is 61.2 Å². The Morgan fingerprint density at radius 1 is 1.02 bits per heavy atom. The Morgan fingerprint density at radius 2 is 1.80 bits per heavy atom. The number of hydrogen-bond acceptors (Lipinski definition) is 4. The van der Waals surface area contributed by atoms with Crippen LogP contribution >= 0.6 is 0 Å². The maximum absolute atomic E-state index is 14.0. The molecule has 3 aromatic carbocycles. The Hall–Kier alpha value is -4.43. The van der Waals surface area contributed by atoms with Gasteiger partial charge in [-0.25, -0.2) is 9.69 Å². The van der Waals surface area contributed by atoms with Crippen molar-refractivity contribution in [2.45, 2.75) is 44.4 Å². The quantitative estimate of drug-likeness (QED) is 0.357. The molecule has 3 atom stereocenters. The number of imide groups is 1. The van der Waals surface area contributed by atoms with E-state index in [1.807, 2.05) is 49.4 Å². The number of anilines is 1. The molecule has 0 aliphatic carbocycles. The van der Waals surface area contributed by atoms with E-state index < -0.39 is 12.1 Å². The number of carbonyl (C=O) groups is 3. The smallest absolute Gasteiger partial charge is 0.332 e. The second kappa shape index (κ2) is 9.64. The van der Waals surface area contributed by atoms with Crippen LogP contribution in [-0.2, 0) is 16.0 Å². The highest BCUT2D eigenvalue weighted by Crippen LogP contribution is 2.44. The van der Waals surface area contributed by atoms with Crippen molar-refractivity contribution in [1.82, 2.24) is 15.2 Å². The largest absolute Gasteiger partial charge is 0.376 e. The van der Waals surface area contributed by atoms with E-state index in [9.17, 15) is 14.4 Å². The van der Waals surface area contributed by atoms with Gasteiger partial charge in [0.25, 0.3) is 11.8 Å². The van der Waals surface area contributed by atoms with Gasteiger partial charge in [0.15, 0.2) is 0 Å². The van der Waals surface area contributed by atoms with E-state index in [4.69, 9.17) is 4.74 Å². The summed E-state index contributed by atoms with van der Waals surface area (Å²) >= 11 is 0. The van der Waals surface area contributed by atoms with E-state index in [-0.39, 0.29) is 23.9 Å². The van der Waals surface area contributed by atoms with Crippen LogP contribution in [0.2, 0.25) is 0 Å². The summed E-state index contributed by atoms with van der Waals surface area (Å²) in [5, 5.41) is 3.99. The Labute approximate surface area is 231 Å². The lowest BCUT2D eigenvalue weighted by Gasteiger charge is -2.36. The Bertz CT molecular complexity index is 1620. The number of ether oxygens (including phenoxy) is 1. The zero-order chi connectivity index (χ0) is 27.4. The fourth-order valence-corrected chi connectivity index (χ4v) is 6.28. The number of para-hydroxylation sites is 1. The summed E-state index contributed by atoms with van der Waals surface area (Å²) < 4.78 is 5.58. The van der Waals surface area contributed by atoms with Crippen LogP contribution in [0.4, 0.5) is 10.5 Å². The van der Waals surface area contributed by atoms with E-state index in [2.05, 4.69) is 16.4 Å². The van der Waals surface area contributed by atoms with E-state index in [1.165, 1.54) is 4.90 Å². The molecule has 8 nitrogen and oxygen atoms in total. The van der Waals surface area contributed by atoms with Gasteiger partial charge in [-0.2, -0.15) is 0 Å². The number of aromatic amines is 1. The maximum atomic E-state index is 14.0. The number of nitrogens with zero attached hydrogens (tertiary/aromatic N) is 2. The average Bonchev–Trinajstić information content (AvgIpc) is 3.69. The van der Waals surface area contributed by atoms with Crippen LogP contribution in [0.15, 0.2) is 72.8 Å². The number of aryl methyl sites for hydroxylation is 1. The minimum Gasteiger partial charge on any atom is -0.376 e. The molecule has 0 radical (unpaired) electrons. The second-order valence-electron chi connectivity index (χ2n) is 10.9. The van der Waals surface area contributed by atoms with Crippen molar-refractivity contribution < 1.29 is 19.1 Å². The fraction of sp³-hybridized carbons (Fsp3) is 0.281. The summed E-state index contributed by atoms with van der Waals surface area (Å²) in [4.78, 5) is 47.1. The summed E-state index contributed by atoms with van der Waals surface area (Å²) in [6.45, 7) is 3.23. The lowest BCUT2D eigenvalue weighted by molar-refractivity contribution is -0.120. The highest BCUT2D eigenvalue weighted by molar-refractivity contribution is 6.22. The predicted molar refractivity (Wildman–Crippen MR) is 151 cm³/mol. The van der Waals surface area contributed by atoms with Crippen LogP contribution in [0.25, 0.3) is 10.9 Å². The van der Waals surface area contributed by atoms with Crippen molar-refractivity contribution in [2.75, 3.05) is 18.1 Å². The predicted octanol–water partition coefficient (Wildman–Crippen LogP) is 4.87. The molecule has 2 saturated heterocycles. The first-order chi connectivity index (χ1) is 19.5. The van der Waals surface area contributed by atoms with Crippen LogP contribution in [0.1, 0.15) is 51.6 Å². The number of rotatable bonds is 5. The van der Waals surface area contributed by atoms with Crippen molar-refractivity contribution in [1.29, 1.82) is 0 Å². The molecule has 8 heteroatoms. The van der Waals surface area contributed by atoms with Gasteiger partial charge in [-0.3, -0.25) is 14.5 Å². The molecule has 202 valence electrons. The molecule has 4 heterocycles. The summed E-state index contributed by atoms with van der Waals surface area (Å²) in [5.74, 6) is -0.461. The van der Waals surface area contributed by atoms with E-state index in [0.29, 0.717) is 24.2 Å². The number of hydrogen-bond donors (Lipinski definition) is 2. The Kier molecular flexibility index (Phi) is 5.93. The van der Waals surface area contributed by atoms with Gasteiger partial charge < -0.3 is 15.0 Å². The molecule has 0 spiro atoms. The molecule has 3 aliphatic heterocycles. The third kappa shape index (κ3) is 3.98. The first-order valence-corrected chi connectivity index (χ1v) is 13.8. The lowest BCUT2D eigenvalue weighted by atomic mass is 9.88. The van der Waals surface area contributed by atoms with Gasteiger partial charge in [0.2, 0.25) is 0 Å². The van der Waals surface area contributed by atoms with Crippen LogP contribution in [-0.4, -0.2) is 53.0 Å². The maximum Gasteiger partial charge on any atom is 0.332 e. The molecular formula is C32H30N4O4. The molecule has 0 saturated carbocycles. The molecule has 7 rings (SSSR count). The average molecular weight is 535 g/mol. The third-order valence-corrected chi connectivity index (χ3v) is 8.34. The number of amides is 4. The SMILES string of the molecule is Cc1ccc([C@@H]2c3[nH]c4ccccc4c3C[C@H]3C(=O)N(c4ccc(C(=O)NC[C@@H]5CCCO5)cc4)C(=O)N23)cc1.